The Kier molecular flexibility index (Phi) is 2.30. The molecule has 0 aliphatic rings. The number of fused-ring (bicyclic) bond motifs is 1. The summed E-state index contributed by atoms with van der Waals surface area (Å²) in [6, 6.07) is 5.71. The Morgan fingerprint density at radius 2 is 2.29 bits per heavy atom. The van der Waals surface area contributed by atoms with Gasteiger partial charge in [0, 0.05) is 35.6 Å². The van der Waals surface area contributed by atoms with Crippen molar-refractivity contribution in [2.45, 2.75) is 6.42 Å². The summed E-state index contributed by atoms with van der Waals surface area (Å²) >= 11 is 5.89. The van der Waals surface area contributed by atoms with Gasteiger partial charge in [0.2, 0.25) is 0 Å². The van der Waals surface area contributed by atoms with Crippen LogP contribution < -0.4 is 0 Å². The lowest BCUT2D eigenvalue weighted by atomic mass is 10.1. The highest BCUT2D eigenvalue weighted by atomic mass is 35.5. The Morgan fingerprint density at radius 1 is 1.50 bits per heavy atom. The molecule has 2 rings (SSSR count). The van der Waals surface area contributed by atoms with Gasteiger partial charge in [0.25, 0.3) is 0 Å². The highest BCUT2D eigenvalue weighted by molar-refractivity contribution is 6.31. The van der Waals surface area contributed by atoms with Crippen LogP contribution in [0, 0.1) is 0 Å². The van der Waals surface area contributed by atoms with Gasteiger partial charge in [0.05, 0.1) is 0 Å². The fourth-order valence-corrected chi connectivity index (χ4v) is 1.86. The average molecular weight is 208 g/mol. The monoisotopic (exact) mass is 207 g/mol. The zero-order chi connectivity index (χ0) is 10.1. The lowest BCUT2D eigenvalue weighted by molar-refractivity contribution is -0.107. The molecule has 0 spiro atoms. The molecule has 0 unspecified atom stereocenters. The number of aromatic nitrogens is 1. The first-order valence-electron chi connectivity index (χ1n) is 4.39. The molecule has 2 aromatic rings. The van der Waals surface area contributed by atoms with E-state index in [1.165, 1.54) is 0 Å². The second kappa shape index (κ2) is 3.46. The first-order valence-corrected chi connectivity index (χ1v) is 4.77. The summed E-state index contributed by atoms with van der Waals surface area (Å²) < 4.78 is 1.99. The highest BCUT2D eigenvalue weighted by Crippen LogP contribution is 2.23. The number of benzene rings is 1. The number of rotatable bonds is 2. The van der Waals surface area contributed by atoms with E-state index in [0.717, 1.165) is 27.8 Å². The van der Waals surface area contributed by atoms with Gasteiger partial charge in [-0.3, -0.25) is 0 Å². The van der Waals surface area contributed by atoms with Gasteiger partial charge < -0.3 is 9.36 Å². The number of halogens is 1. The Morgan fingerprint density at radius 3 is 3.00 bits per heavy atom. The SMILES string of the molecule is Cn1cc(CC=O)c2ccc(Cl)cc21. The van der Waals surface area contributed by atoms with Crippen molar-refractivity contribution in [3.05, 3.63) is 35.0 Å². The molecule has 72 valence electrons. The molecule has 0 aliphatic carbocycles. The van der Waals surface area contributed by atoms with Crippen LogP contribution in [0.25, 0.3) is 10.9 Å². The van der Waals surface area contributed by atoms with Gasteiger partial charge in [-0.1, -0.05) is 17.7 Å². The van der Waals surface area contributed by atoms with Gasteiger partial charge in [0.15, 0.2) is 0 Å². The topological polar surface area (TPSA) is 22.0 Å². The standard InChI is InChI=1S/C11H10ClNO/c1-13-7-8(4-5-14)10-3-2-9(12)6-11(10)13/h2-3,5-7H,4H2,1H3. The van der Waals surface area contributed by atoms with Crippen molar-refractivity contribution in [2.75, 3.05) is 0 Å². The minimum absolute atomic E-state index is 0.457. The van der Waals surface area contributed by atoms with Crippen LogP contribution in [-0.2, 0) is 18.3 Å². The molecule has 1 aromatic carbocycles. The predicted molar refractivity (Wildman–Crippen MR) is 57.7 cm³/mol. The van der Waals surface area contributed by atoms with Crippen LogP contribution in [0.3, 0.4) is 0 Å². The van der Waals surface area contributed by atoms with Crippen LogP contribution >= 0.6 is 11.6 Å². The van der Waals surface area contributed by atoms with E-state index in [1.807, 2.05) is 36.0 Å². The third kappa shape index (κ3) is 1.42. The number of carbonyl (C=O) groups is 1. The minimum Gasteiger partial charge on any atom is -0.350 e. The molecule has 0 saturated carbocycles. The van der Waals surface area contributed by atoms with Crippen LogP contribution in [0.5, 0.6) is 0 Å². The van der Waals surface area contributed by atoms with Crippen molar-refractivity contribution in [1.29, 1.82) is 0 Å². The molecule has 14 heavy (non-hydrogen) atoms. The summed E-state index contributed by atoms with van der Waals surface area (Å²) in [5.41, 5.74) is 2.11. The Labute approximate surface area is 87.1 Å². The van der Waals surface area contributed by atoms with Crippen molar-refractivity contribution >= 4 is 28.8 Å². The number of carbonyl (C=O) groups excluding carboxylic acids is 1. The largest absolute Gasteiger partial charge is 0.350 e. The fourth-order valence-electron chi connectivity index (χ4n) is 1.69. The third-order valence-electron chi connectivity index (χ3n) is 2.34. The first-order chi connectivity index (χ1) is 6.72. The van der Waals surface area contributed by atoms with E-state index in [9.17, 15) is 4.79 Å². The molecule has 0 atom stereocenters. The molecule has 0 saturated heterocycles. The van der Waals surface area contributed by atoms with E-state index >= 15 is 0 Å². The van der Waals surface area contributed by atoms with Gasteiger partial charge in [-0.2, -0.15) is 0 Å². The first kappa shape index (κ1) is 9.28. The Balaban J connectivity index is 2.70. The summed E-state index contributed by atoms with van der Waals surface area (Å²) in [7, 11) is 1.95. The van der Waals surface area contributed by atoms with Crippen molar-refractivity contribution in [3.63, 3.8) is 0 Å². The Bertz CT molecular complexity index is 487. The summed E-state index contributed by atoms with van der Waals surface area (Å²) in [4.78, 5) is 10.5. The molecule has 1 heterocycles. The quantitative estimate of drug-likeness (QED) is 0.694. The van der Waals surface area contributed by atoms with E-state index in [-0.39, 0.29) is 0 Å². The number of aryl methyl sites for hydroxylation is 1. The summed E-state index contributed by atoms with van der Waals surface area (Å²) in [5.74, 6) is 0. The lowest BCUT2D eigenvalue weighted by Crippen LogP contribution is -1.83. The molecule has 0 amide bonds. The molecule has 0 N–H and O–H groups in total. The predicted octanol–water partition coefficient (Wildman–Crippen LogP) is 2.57. The van der Waals surface area contributed by atoms with Crippen LogP contribution in [0.1, 0.15) is 5.56 Å². The molecular formula is C11H10ClNO. The molecule has 3 heteroatoms. The van der Waals surface area contributed by atoms with Crippen molar-refractivity contribution < 1.29 is 4.79 Å². The maximum Gasteiger partial charge on any atom is 0.124 e. The van der Waals surface area contributed by atoms with Gasteiger partial charge in [0.1, 0.15) is 6.29 Å². The molecule has 0 radical (unpaired) electrons. The summed E-state index contributed by atoms with van der Waals surface area (Å²) in [6.07, 6.45) is 3.34. The normalized spacial score (nSPS) is 10.7. The Hall–Kier alpha value is -1.28. The van der Waals surface area contributed by atoms with Crippen molar-refractivity contribution in [1.82, 2.24) is 4.57 Å². The average Bonchev–Trinajstić information content (AvgIpc) is 2.44. The van der Waals surface area contributed by atoms with Crippen LogP contribution in [0.4, 0.5) is 0 Å². The molecule has 0 fully saturated rings. The number of aldehydes is 1. The van der Waals surface area contributed by atoms with E-state index in [4.69, 9.17) is 11.6 Å². The van der Waals surface area contributed by atoms with E-state index < -0.39 is 0 Å². The molecule has 0 bridgehead atoms. The smallest absolute Gasteiger partial charge is 0.124 e. The molecular weight excluding hydrogens is 198 g/mol. The number of hydrogen-bond donors (Lipinski definition) is 0. The third-order valence-corrected chi connectivity index (χ3v) is 2.57. The molecule has 2 nitrogen and oxygen atoms in total. The van der Waals surface area contributed by atoms with Crippen LogP contribution in [0.2, 0.25) is 5.02 Å². The summed E-state index contributed by atoms with van der Waals surface area (Å²) in [5, 5.41) is 1.82. The van der Waals surface area contributed by atoms with E-state index in [0.29, 0.717) is 6.42 Å². The number of hydrogen-bond acceptors (Lipinski definition) is 1. The zero-order valence-corrected chi connectivity index (χ0v) is 8.58. The van der Waals surface area contributed by atoms with Crippen LogP contribution in [-0.4, -0.2) is 10.9 Å². The van der Waals surface area contributed by atoms with Gasteiger partial charge in [-0.05, 0) is 17.7 Å². The van der Waals surface area contributed by atoms with Gasteiger partial charge in [-0.25, -0.2) is 0 Å². The maximum absolute atomic E-state index is 10.5. The number of nitrogens with zero attached hydrogens (tertiary/aromatic N) is 1. The fraction of sp³-hybridized carbons (Fsp3) is 0.182. The van der Waals surface area contributed by atoms with E-state index in [2.05, 4.69) is 0 Å². The lowest BCUT2D eigenvalue weighted by Gasteiger charge is -1.96. The molecule has 0 aliphatic heterocycles. The molecule has 1 aromatic heterocycles. The van der Waals surface area contributed by atoms with Crippen molar-refractivity contribution in [3.8, 4) is 0 Å². The second-order valence-corrected chi connectivity index (χ2v) is 3.73. The second-order valence-electron chi connectivity index (χ2n) is 3.30. The van der Waals surface area contributed by atoms with Crippen molar-refractivity contribution in [2.24, 2.45) is 7.05 Å². The van der Waals surface area contributed by atoms with E-state index in [1.54, 1.807) is 0 Å². The minimum atomic E-state index is 0.457. The van der Waals surface area contributed by atoms with Crippen LogP contribution in [0.15, 0.2) is 24.4 Å². The van der Waals surface area contributed by atoms with Gasteiger partial charge >= 0.3 is 0 Å². The van der Waals surface area contributed by atoms with Gasteiger partial charge in [-0.15, -0.1) is 0 Å². The summed E-state index contributed by atoms with van der Waals surface area (Å²) in [6.45, 7) is 0. The maximum atomic E-state index is 10.5. The zero-order valence-electron chi connectivity index (χ0n) is 7.83. The highest BCUT2D eigenvalue weighted by Gasteiger charge is 2.05.